The number of para-hydroxylation sites is 1. The lowest BCUT2D eigenvalue weighted by atomic mass is 9.89. The van der Waals surface area contributed by atoms with Crippen molar-refractivity contribution in [1.29, 1.82) is 0 Å². The molecule has 0 amide bonds. The monoisotopic (exact) mass is 861 g/mol. The van der Waals surface area contributed by atoms with E-state index in [9.17, 15) is 0 Å². The smallest absolute Gasteiger partial charge is 0.160 e. The first-order valence-corrected chi connectivity index (χ1v) is 23.3. The number of benzene rings is 12. The van der Waals surface area contributed by atoms with Crippen LogP contribution in [0.5, 0.6) is 0 Å². The molecule has 0 aliphatic carbocycles. The zero-order chi connectivity index (χ0) is 44.7. The van der Waals surface area contributed by atoms with E-state index in [1.165, 1.54) is 64.6 Å². The number of hydrogen-bond acceptors (Lipinski definition) is 3. The van der Waals surface area contributed by atoms with E-state index in [-0.39, 0.29) is 0 Å². The molecule has 0 bridgehead atoms. The first-order valence-electron chi connectivity index (χ1n) is 23.3. The maximum Gasteiger partial charge on any atom is 0.160 e. The Balaban J connectivity index is 0.979. The second-order valence-electron chi connectivity index (χ2n) is 17.8. The summed E-state index contributed by atoms with van der Waals surface area (Å²) in [5.41, 5.74) is 10.0. The Morgan fingerprint density at radius 1 is 0.235 bits per heavy atom. The van der Waals surface area contributed by atoms with Gasteiger partial charge in [0.25, 0.3) is 0 Å². The third-order valence-corrected chi connectivity index (χ3v) is 14.0. The molecule has 2 aromatic heterocycles. The SMILES string of the molecule is c1cc(-c2cccc(-c3nc4ccccc4c4c5ccccc5c5ccccc5c34)c2)cc(-c2nc(-c3cc4ccccc4c4ccccc34)cc(-c3cc4ccccc4c4ccccc34)n2)c1. The Bertz CT molecular complexity index is 4260. The average molecular weight is 862 g/mol. The first-order chi connectivity index (χ1) is 33.7. The van der Waals surface area contributed by atoms with Crippen LogP contribution in [0.2, 0.25) is 0 Å². The van der Waals surface area contributed by atoms with Gasteiger partial charge in [-0.3, -0.25) is 0 Å². The summed E-state index contributed by atoms with van der Waals surface area (Å²) in [5.74, 6) is 0.672. The van der Waals surface area contributed by atoms with E-state index in [0.29, 0.717) is 5.82 Å². The molecule has 0 atom stereocenters. The minimum atomic E-state index is 0.672. The van der Waals surface area contributed by atoms with Crippen LogP contribution >= 0.6 is 0 Å². The molecule has 3 nitrogen and oxygen atoms in total. The highest BCUT2D eigenvalue weighted by Crippen LogP contribution is 2.44. The van der Waals surface area contributed by atoms with Crippen molar-refractivity contribution in [1.82, 2.24) is 15.0 Å². The molecule has 0 saturated heterocycles. The molecule has 3 heteroatoms. The summed E-state index contributed by atoms with van der Waals surface area (Å²) in [7, 11) is 0. The number of hydrogen-bond donors (Lipinski definition) is 0. The van der Waals surface area contributed by atoms with E-state index in [1.54, 1.807) is 0 Å². The van der Waals surface area contributed by atoms with Crippen LogP contribution in [-0.2, 0) is 0 Å². The molecular formula is C65H39N3. The number of nitrogens with zero attached hydrogens (tertiary/aromatic N) is 3. The molecule has 68 heavy (non-hydrogen) atoms. The second-order valence-corrected chi connectivity index (χ2v) is 17.8. The normalized spacial score (nSPS) is 11.8. The van der Waals surface area contributed by atoms with Crippen LogP contribution in [0.1, 0.15) is 0 Å². The molecule has 0 radical (unpaired) electrons. The second kappa shape index (κ2) is 15.3. The van der Waals surface area contributed by atoms with Gasteiger partial charge in [-0.2, -0.15) is 0 Å². The highest BCUT2D eigenvalue weighted by molar-refractivity contribution is 6.33. The lowest BCUT2D eigenvalue weighted by molar-refractivity contribution is 1.19. The van der Waals surface area contributed by atoms with Crippen molar-refractivity contribution in [2.75, 3.05) is 0 Å². The molecule has 0 saturated carbocycles. The van der Waals surface area contributed by atoms with Crippen molar-refractivity contribution >= 4 is 86.3 Å². The van der Waals surface area contributed by atoms with E-state index < -0.39 is 0 Å². The van der Waals surface area contributed by atoms with Gasteiger partial charge >= 0.3 is 0 Å². The first kappa shape index (κ1) is 38.2. The lowest BCUT2D eigenvalue weighted by Crippen LogP contribution is -1.98. The number of rotatable bonds is 5. The van der Waals surface area contributed by atoms with Crippen molar-refractivity contribution in [2.45, 2.75) is 0 Å². The number of fused-ring (bicyclic) bond motifs is 14. The van der Waals surface area contributed by atoms with Crippen molar-refractivity contribution in [3.05, 3.63) is 237 Å². The molecule has 0 fully saturated rings. The van der Waals surface area contributed by atoms with Crippen LogP contribution in [0.15, 0.2) is 237 Å². The van der Waals surface area contributed by atoms with E-state index in [1.807, 2.05) is 0 Å². The predicted molar refractivity (Wildman–Crippen MR) is 287 cm³/mol. The van der Waals surface area contributed by atoms with Gasteiger partial charge in [0, 0.05) is 38.4 Å². The number of aromatic nitrogens is 3. The zero-order valence-corrected chi connectivity index (χ0v) is 36.9. The highest BCUT2D eigenvalue weighted by Gasteiger charge is 2.20. The van der Waals surface area contributed by atoms with Gasteiger partial charge in [0.05, 0.1) is 22.6 Å². The van der Waals surface area contributed by atoms with Crippen molar-refractivity contribution in [2.24, 2.45) is 0 Å². The summed E-state index contributed by atoms with van der Waals surface area (Å²) in [6.45, 7) is 0. The summed E-state index contributed by atoms with van der Waals surface area (Å²) < 4.78 is 0. The fourth-order valence-electron chi connectivity index (χ4n) is 10.9. The number of pyridine rings is 1. The molecule has 14 rings (SSSR count). The third kappa shape index (κ3) is 6.03. The van der Waals surface area contributed by atoms with Gasteiger partial charge < -0.3 is 0 Å². The average Bonchev–Trinajstić information content (AvgIpc) is 3.42. The molecule has 2 heterocycles. The summed E-state index contributed by atoms with van der Waals surface area (Å²) in [6.07, 6.45) is 0. The van der Waals surface area contributed by atoms with Crippen LogP contribution in [0, 0.1) is 0 Å². The fourth-order valence-corrected chi connectivity index (χ4v) is 10.9. The largest absolute Gasteiger partial charge is 0.247 e. The molecule has 0 N–H and O–H groups in total. The van der Waals surface area contributed by atoms with Crippen molar-refractivity contribution in [3.8, 4) is 56.3 Å². The molecule has 14 aromatic rings. The van der Waals surface area contributed by atoms with Crippen molar-refractivity contribution in [3.63, 3.8) is 0 Å². The Morgan fingerprint density at radius 2 is 0.632 bits per heavy atom. The van der Waals surface area contributed by atoms with E-state index in [0.717, 1.165) is 72.1 Å². The zero-order valence-electron chi connectivity index (χ0n) is 36.9. The van der Waals surface area contributed by atoms with Gasteiger partial charge in [-0.1, -0.05) is 200 Å². The lowest BCUT2D eigenvalue weighted by Gasteiger charge is -2.17. The molecular weight excluding hydrogens is 823 g/mol. The molecule has 0 spiro atoms. The Kier molecular flexibility index (Phi) is 8.59. The van der Waals surface area contributed by atoms with E-state index in [2.05, 4.69) is 237 Å². The highest BCUT2D eigenvalue weighted by atomic mass is 14.9. The maximum absolute atomic E-state index is 5.49. The Labute approximate surface area is 392 Å². The minimum absolute atomic E-state index is 0.672. The minimum Gasteiger partial charge on any atom is -0.247 e. The molecule has 0 aliphatic heterocycles. The Hall–Kier alpha value is -9.05. The van der Waals surface area contributed by atoms with Gasteiger partial charge in [0.1, 0.15) is 0 Å². The topological polar surface area (TPSA) is 38.7 Å². The summed E-state index contributed by atoms with van der Waals surface area (Å²) >= 11 is 0. The van der Waals surface area contributed by atoms with E-state index >= 15 is 0 Å². The van der Waals surface area contributed by atoms with Crippen LogP contribution in [0.4, 0.5) is 0 Å². The molecule has 314 valence electrons. The van der Waals surface area contributed by atoms with Crippen LogP contribution in [0.25, 0.3) is 143 Å². The maximum atomic E-state index is 5.49. The summed E-state index contributed by atoms with van der Waals surface area (Å²) in [6, 6.07) is 85.1. The summed E-state index contributed by atoms with van der Waals surface area (Å²) in [4.78, 5) is 16.5. The van der Waals surface area contributed by atoms with Crippen LogP contribution in [0.3, 0.4) is 0 Å². The summed E-state index contributed by atoms with van der Waals surface area (Å²) in [5, 5.41) is 18.0. The van der Waals surface area contributed by atoms with Gasteiger partial charge in [0.2, 0.25) is 0 Å². The Morgan fingerprint density at radius 3 is 1.19 bits per heavy atom. The third-order valence-electron chi connectivity index (χ3n) is 14.0. The van der Waals surface area contributed by atoms with Crippen LogP contribution < -0.4 is 0 Å². The quantitative estimate of drug-likeness (QED) is 0.162. The molecule has 12 aromatic carbocycles. The van der Waals surface area contributed by atoms with E-state index in [4.69, 9.17) is 15.0 Å². The van der Waals surface area contributed by atoms with Gasteiger partial charge in [-0.05, 0) is 112 Å². The van der Waals surface area contributed by atoms with Crippen molar-refractivity contribution < 1.29 is 0 Å². The fraction of sp³-hybridized carbons (Fsp3) is 0. The molecule has 0 aliphatic rings. The molecule has 0 unspecified atom stereocenters. The standard InChI is InChI=1S/C65H39N3/c1-3-23-46-42(17-1)37-57(52-29-7-5-25-48(46)52)60-39-61(58-38-43-18-2-4-24-47(43)49-26-6-8-30-53(49)58)68-65(67-60)45-22-16-20-41(36-45)40-19-15-21-44(35-40)64-63-55-32-12-10-28-51(55)50-27-9-11-31-54(50)62(63)56-33-13-14-34-59(56)66-64/h1-39H. The van der Waals surface area contributed by atoms with Gasteiger partial charge in [-0.15, -0.1) is 0 Å². The predicted octanol–water partition coefficient (Wildman–Crippen LogP) is 17.4. The van der Waals surface area contributed by atoms with Gasteiger partial charge in [-0.25, -0.2) is 15.0 Å². The van der Waals surface area contributed by atoms with Gasteiger partial charge in [0.15, 0.2) is 5.82 Å². The van der Waals surface area contributed by atoms with Crippen LogP contribution in [-0.4, -0.2) is 15.0 Å².